The Bertz CT molecular complexity index is 1610. The van der Waals surface area contributed by atoms with Gasteiger partial charge in [0.05, 0.1) is 17.8 Å². The third kappa shape index (κ3) is 3.84. The number of thiophene rings is 1. The van der Waals surface area contributed by atoms with Crippen molar-refractivity contribution in [2.75, 3.05) is 6.61 Å². The van der Waals surface area contributed by atoms with Gasteiger partial charge in [0.2, 0.25) is 11.7 Å². The van der Waals surface area contributed by atoms with E-state index in [-0.39, 0.29) is 18.0 Å². The molecule has 172 valence electrons. The largest absolute Gasteiger partial charge is 0.494 e. The minimum atomic E-state index is -0.481. The quantitative estimate of drug-likeness (QED) is 0.364. The van der Waals surface area contributed by atoms with Crippen LogP contribution in [0.15, 0.2) is 68.0 Å². The van der Waals surface area contributed by atoms with Crippen LogP contribution < -0.4 is 16.0 Å². The SMILES string of the molecule is CCOc1ccc(-n2c(=O)c3sccc3n(Cc3nc(-c4ccc(C)c(C)c4)no3)c2=O)cc1. The van der Waals surface area contributed by atoms with Gasteiger partial charge in [-0.25, -0.2) is 9.36 Å². The van der Waals surface area contributed by atoms with Gasteiger partial charge in [0, 0.05) is 5.56 Å². The number of aromatic nitrogens is 4. The van der Waals surface area contributed by atoms with Gasteiger partial charge in [-0.1, -0.05) is 17.3 Å². The summed E-state index contributed by atoms with van der Waals surface area (Å²) >= 11 is 1.29. The smallest absolute Gasteiger partial charge is 0.336 e. The zero-order chi connectivity index (χ0) is 23.8. The highest BCUT2D eigenvalue weighted by Crippen LogP contribution is 2.21. The molecule has 0 aliphatic heterocycles. The van der Waals surface area contributed by atoms with E-state index in [1.165, 1.54) is 21.5 Å². The van der Waals surface area contributed by atoms with E-state index >= 15 is 0 Å². The Morgan fingerprint density at radius 1 is 1.03 bits per heavy atom. The molecular weight excluding hydrogens is 452 g/mol. The molecule has 8 nitrogen and oxygen atoms in total. The molecule has 0 amide bonds. The summed E-state index contributed by atoms with van der Waals surface area (Å²) in [6.45, 7) is 6.53. The Morgan fingerprint density at radius 2 is 1.82 bits per heavy atom. The summed E-state index contributed by atoms with van der Waals surface area (Å²) in [4.78, 5) is 31.1. The minimum absolute atomic E-state index is 0.0429. The van der Waals surface area contributed by atoms with Crippen LogP contribution in [0, 0.1) is 13.8 Å². The van der Waals surface area contributed by atoms with Crippen LogP contribution in [0.5, 0.6) is 5.75 Å². The van der Waals surface area contributed by atoms with Crippen LogP contribution in [0.2, 0.25) is 0 Å². The van der Waals surface area contributed by atoms with E-state index < -0.39 is 5.69 Å². The molecule has 0 bridgehead atoms. The second-order valence-corrected chi connectivity index (χ2v) is 8.80. The molecule has 0 N–H and O–H groups in total. The van der Waals surface area contributed by atoms with Crippen molar-refractivity contribution in [2.45, 2.75) is 27.3 Å². The fourth-order valence-electron chi connectivity index (χ4n) is 3.78. The number of hydrogen-bond acceptors (Lipinski definition) is 7. The predicted molar refractivity (Wildman–Crippen MR) is 131 cm³/mol. The molecule has 0 aliphatic carbocycles. The molecule has 9 heteroatoms. The lowest BCUT2D eigenvalue weighted by atomic mass is 10.1. The first kappa shape index (κ1) is 21.8. The Labute approximate surface area is 198 Å². The first-order chi connectivity index (χ1) is 16.5. The van der Waals surface area contributed by atoms with E-state index in [1.54, 1.807) is 35.7 Å². The Morgan fingerprint density at radius 3 is 2.56 bits per heavy atom. The number of fused-ring (bicyclic) bond motifs is 1. The predicted octanol–water partition coefficient (Wildman–Crippen LogP) is 4.33. The molecule has 34 heavy (non-hydrogen) atoms. The zero-order valence-corrected chi connectivity index (χ0v) is 19.8. The van der Waals surface area contributed by atoms with E-state index in [2.05, 4.69) is 10.1 Å². The average molecular weight is 475 g/mol. The molecule has 5 aromatic rings. The lowest BCUT2D eigenvalue weighted by Gasteiger charge is -2.11. The Kier molecular flexibility index (Phi) is 5.62. The van der Waals surface area contributed by atoms with Crippen molar-refractivity contribution >= 4 is 21.6 Å². The number of benzene rings is 2. The summed E-state index contributed by atoms with van der Waals surface area (Å²) in [5.74, 6) is 1.40. The summed E-state index contributed by atoms with van der Waals surface area (Å²) in [7, 11) is 0. The molecule has 3 heterocycles. The van der Waals surface area contributed by atoms with E-state index in [0.717, 1.165) is 15.7 Å². The molecule has 0 radical (unpaired) electrons. The number of hydrogen-bond donors (Lipinski definition) is 0. The Hall–Kier alpha value is -3.98. The van der Waals surface area contributed by atoms with Crippen LogP contribution in [-0.4, -0.2) is 25.9 Å². The highest BCUT2D eigenvalue weighted by atomic mass is 32.1. The fraction of sp³-hybridized carbons (Fsp3) is 0.200. The highest BCUT2D eigenvalue weighted by Gasteiger charge is 2.18. The van der Waals surface area contributed by atoms with Gasteiger partial charge in [0.1, 0.15) is 17.0 Å². The van der Waals surface area contributed by atoms with Gasteiger partial charge >= 0.3 is 5.69 Å². The maximum atomic E-state index is 13.5. The molecule has 0 atom stereocenters. The number of rotatable bonds is 6. The van der Waals surface area contributed by atoms with Crippen molar-refractivity contribution in [3.8, 4) is 22.8 Å². The van der Waals surface area contributed by atoms with Crippen molar-refractivity contribution in [1.82, 2.24) is 19.3 Å². The van der Waals surface area contributed by atoms with E-state index in [0.29, 0.717) is 34.1 Å². The second-order valence-electron chi connectivity index (χ2n) is 7.88. The molecular formula is C25H22N4O4S. The average Bonchev–Trinajstić information content (AvgIpc) is 3.50. The van der Waals surface area contributed by atoms with Gasteiger partial charge in [0.25, 0.3) is 5.56 Å². The summed E-state index contributed by atoms with van der Waals surface area (Å²) in [5.41, 5.74) is 3.29. The molecule has 0 saturated heterocycles. The van der Waals surface area contributed by atoms with Gasteiger partial charge in [0.15, 0.2) is 0 Å². The van der Waals surface area contributed by atoms with Gasteiger partial charge in [-0.05, 0) is 73.7 Å². The fourth-order valence-corrected chi connectivity index (χ4v) is 4.60. The van der Waals surface area contributed by atoms with Crippen LogP contribution in [0.3, 0.4) is 0 Å². The van der Waals surface area contributed by atoms with Crippen molar-refractivity contribution in [2.24, 2.45) is 0 Å². The molecule has 5 rings (SSSR count). The topological polar surface area (TPSA) is 92.2 Å². The molecule has 3 aromatic heterocycles. The maximum absolute atomic E-state index is 13.5. The van der Waals surface area contributed by atoms with Crippen molar-refractivity contribution < 1.29 is 9.26 Å². The van der Waals surface area contributed by atoms with Crippen molar-refractivity contribution in [3.05, 3.63) is 91.8 Å². The monoisotopic (exact) mass is 474 g/mol. The second kappa shape index (κ2) is 8.75. The van der Waals surface area contributed by atoms with Gasteiger partial charge < -0.3 is 9.26 Å². The summed E-state index contributed by atoms with van der Waals surface area (Å²) in [5, 5.41) is 5.89. The van der Waals surface area contributed by atoms with Crippen LogP contribution in [0.25, 0.3) is 27.3 Å². The number of ether oxygens (including phenoxy) is 1. The summed E-state index contributed by atoms with van der Waals surface area (Å²) < 4.78 is 14.1. The van der Waals surface area contributed by atoms with Crippen LogP contribution in [-0.2, 0) is 6.54 Å². The lowest BCUT2D eigenvalue weighted by Crippen LogP contribution is -2.38. The van der Waals surface area contributed by atoms with Gasteiger partial charge in [-0.3, -0.25) is 9.36 Å². The van der Waals surface area contributed by atoms with Crippen LogP contribution >= 0.6 is 11.3 Å². The number of nitrogens with zero attached hydrogens (tertiary/aromatic N) is 4. The first-order valence-corrected chi connectivity index (χ1v) is 11.7. The minimum Gasteiger partial charge on any atom is -0.494 e. The maximum Gasteiger partial charge on any atom is 0.336 e. The lowest BCUT2D eigenvalue weighted by molar-refractivity contribution is 0.340. The third-order valence-electron chi connectivity index (χ3n) is 5.69. The molecule has 2 aromatic carbocycles. The van der Waals surface area contributed by atoms with E-state index in [9.17, 15) is 9.59 Å². The normalized spacial score (nSPS) is 11.3. The van der Waals surface area contributed by atoms with E-state index in [1.807, 2.05) is 39.0 Å². The summed E-state index contributed by atoms with van der Waals surface area (Å²) in [6.07, 6.45) is 0. The van der Waals surface area contributed by atoms with Crippen molar-refractivity contribution in [3.63, 3.8) is 0 Å². The van der Waals surface area contributed by atoms with E-state index in [4.69, 9.17) is 9.26 Å². The van der Waals surface area contributed by atoms with Crippen LogP contribution in [0.1, 0.15) is 23.9 Å². The molecule has 0 fully saturated rings. The Balaban J connectivity index is 1.57. The third-order valence-corrected chi connectivity index (χ3v) is 6.58. The standard InChI is InChI=1S/C25H22N4O4S/c1-4-32-19-9-7-18(8-10-19)29-24(30)22-20(11-12-34-22)28(25(29)31)14-21-26-23(27-33-21)17-6-5-15(2)16(3)13-17/h5-13H,4,14H2,1-3H3. The molecule has 0 saturated carbocycles. The molecule has 0 aliphatic rings. The van der Waals surface area contributed by atoms with Gasteiger partial charge in [-0.2, -0.15) is 4.98 Å². The van der Waals surface area contributed by atoms with Crippen LogP contribution in [0.4, 0.5) is 0 Å². The molecule has 0 spiro atoms. The van der Waals surface area contributed by atoms with Gasteiger partial charge in [-0.15, -0.1) is 11.3 Å². The molecule has 0 unspecified atom stereocenters. The summed E-state index contributed by atoms with van der Waals surface area (Å²) in [6, 6.07) is 14.6. The highest BCUT2D eigenvalue weighted by molar-refractivity contribution is 7.17. The zero-order valence-electron chi connectivity index (χ0n) is 18.9. The first-order valence-electron chi connectivity index (χ1n) is 10.8. The number of aryl methyl sites for hydroxylation is 2. The van der Waals surface area contributed by atoms with Crippen molar-refractivity contribution in [1.29, 1.82) is 0 Å².